The van der Waals surface area contributed by atoms with Crippen LogP contribution in [0.4, 0.5) is 0 Å². The molecule has 0 N–H and O–H groups in total. The Bertz CT molecular complexity index is 948. The molecule has 0 atom stereocenters. The zero-order valence-electron chi connectivity index (χ0n) is 14.1. The number of hydrogen-bond donors (Lipinski definition) is 0. The first-order valence-electron chi connectivity index (χ1n) is 7.81. The molecule has 4 aromatic rings. The van der Waals surface area contributed by atoms with E-state index in [-0.39, 0.29) is 51.0 Å². The molecule has 5 heteroatoms. The average Bonchev–Trinajstić information content (AvgIpc) is 3.18. The minimum atomic E-state index is 0. The van der Waals surface area contributed by atoms with Gasteiger partial charge in [-0.3, -0.25) is 0 Å². The minimum Gasteiger partial charge on any atom is -1.00 e. The zero-order chi connectivity index (χ0) is 16.5. The fourth-order valence-electron chi connectivity index (χ4n) is 3.13. The molecule has 0 fully saturated rings. The smallest absolute Gasteiger partial charge is 1.00 e. The molecule has 0 radical (unpaired) electrons. The van der Waals surface area contributed by atoms with Crippen LogP contribution in [0.3, 0.4) is 0 Å². The Labute approximate surface area is 208 Å². The van der Waals surface area contributed by atoms with E-state index in [0.717, 1.165) is 15.4 Å². The van der Waals surface area contributed by atoms with Gasteiger partial charge in [0.1, 0.15) is 0 Å². The van der Waals surface area contributed by atoms with Gasteiger partial charge in [0.15, 0.2) is 0 Å². The molecule has 5 rings (SSSR count). The maximum Gasteiger partial charge on any atom is 4.00 e. The first-order valence-corrected chi connectivity index (χ1v) is 9.39. The van der Waals surface area contributed by atoms with Crippen molar-refractivity contribution in [2.24, 2.45) is 0 Å². The molecule has 0 saturated heterocycles. The molecule has 0 bridgehead atoms. The fraction of sp³-hybridized carbons (Fsp3) is 0.0455. The van der Waals surface area contributed by atoms with Crippen LogP contribution in [-0.4, -0.2) is 0 Å². The summed E-state index contributed by atoms with van der Waals surface area (Å²) in [6, 6.07) is 28.7. The van der Waals surface area contributed by atoms with E-state index >= 15 is 0 Å². The maximum atomic E-state index is 3.50. The van der Waals surface area contributed by atoms with E-state index in [2.05, 4.69) is 111 Å². The molecule has 1 aliphatic carbocycles. The molecule has 0 saturated carbocycles. The van der Waals surface area contributed by atoms with Crippen molar-refractivity contribution in [1.82, 2.24) is 0 Å². The number of rotatable bonds is 0. The Morgan fingerprint density at radius 3 is 2.37 bits per heavy atom. The van der Waals surface area contributed by atoms with Gasteiger partial charge >= 0.3 is 26.2 Å². The van der Waals surface area contributed by atoms with E-state index < -0.39 is 0 Å². The molecule has 0 amide bonds. The van der Waals surface area contributed by atoms with E-state index in [1.54, 1.807) is 0 Å². The summed E-state index contributed by atoms with van der Waals surface area (Å²) in [7, 11) is 0. The van der Waals surface area contributed by atoms with Crippen molar-refractivity contribution < 1.29 is 51.0 Å². The van der Waals surface area contributed by atoms with Gasteiger partial charge in [0, 0.05) is 4.47 Å². The molecule has 0 spiro atoms. The Balaban J connectivity index is 0.000000266. The van der Waals surface area contributed by atoms with Crippen LogP contribution < -0.4 is 24.8 Å². The molecule has 1 aliphatic rings. The SMILES string of the molecule is Brc1[c-]c2c(cc1)-c1ccc(Br)cc1C2.[Cl-].[Cl-].[Zr+4].c1ccc2[cH-]ccc2c1. The van der Waals surface area contributed by atoms with Crippen molar-refractivity contribution in [3.63, 3.8) is 0 Å². The Kier molecular flexibility index (Phi) is 10.1. The Hall–Kier alpha value is -0.307. The van der Waals surface area contributed by atoms with Crippen LogP contribution in [-0.2, 0) is 32.6 Å². The normalized spacial score (nSPS) is 10.3. The summed E-state index contributed by atoms with van der Waals surface area (Å²) >= 11 is 6.96. The van der Waals surface area contributed by atoms with Gasteiger partial charge in [-0.1, -0.05) is 54.0 Å². The second kappa shape index (κ2) is 11.0. The van der Waals surface area contributed by atoms with Gasteiger partial charge in [0.05, 0.1) is 0 Å². The molecule has 0 aromatic heterocycles. The van der Waals surface area contributed by atoms with E-state index in [4.69, 9.17) is 0 Å². The van der Waals surface area contributed by atoms with Gasteiger partial charge in [-0.25, -0.2) is 0 Å². The van der Waals surface area contributed by atoms with Crippen LogP contribution >= 0.6 is 31.9 Å². The van der Waals surface area contributed by atoms with Gasteiger partial charge in [0.25, 0.3) is 0 Å². The standard InChI is InChI=1S/C13H7Br2.C9H7.2ClH.Zr/c14-10-1-3-12-8(6-10)5-9-7-11(15)2-4-13(9)12;1-2-5-9-7-3-6-8(9)4-1;;;/h1-4,6H,5H2;1-7H;2*1H;/q2*-1;;;+4/p-2. The third-order valence-electron chi connectivity index (χ3n) is 4.26. The first kappa shape index (κ1) is 24.7. The molecule has 27 heavy (non-hydrogen) atoms. The largest absolute Gasteiger partial charge is 4.00 e. The van der Waals surface area contributed by atoms with E-state index in [9.17, 15) is 0 Å². The summed E-state index contributed by atoms with van der Waals surface area (Å²) in [5.41, 5.74) is 5.34. The number of halogens is 4. The molecule has 0 nitrogen and oxygen atoms in total. The van der Waals surface area contributed by atoms with Crippen LogP contribution in [0.1, 0.15) is 11.1 Å². The summed E-state index contributed by atoms with van der Waals surface area (Å²) in [6.45, 7) is 0. The van der Waals surface area contributed by atoms with Crippen LogP contribution in [0.2, 0.25) is 0 Å². The van der Waals surface area contributed by atoms with Gasteiger partial charge in [-0.2, -0.15) is 35.7 Å². The zero-order valence-corrected chi connectivity index (χ0v) is 21.3. The fourth-order valence-corrected chi connectivity index (χ4v) is 3.91. The average molecular weight is 600 g/mol. The topological polar surface area (TPSA) is 0 Å². The van der Waals surface area contributed by atoms with Crippen LogP contribution in [0, 0.1) is 6.07 Å². The van der Waals surface area contributed by atoms with E-state index in [0.29, 0.717) is 0 Å². The van der Waals surface area contributed by atoms with E-state index in [1.165, 1.54) is 33.0 Å². The number of fused-ring (bicyclic) bond motifs is 4. The number of benzene rings is 3. The predicted molar refractivity (Wildman–Crippen MR) is 108 cm³/mol. The third kappa shape index (κ3) is 5.61. The number of hydrogen-bond acceptors (Lipinski definition) is 0. The Morgan fingerprint density at radius 2 is 1.59 bits per heavy atom. The molecule has 0 unspecified atom stereocenters. The van der Waals surface area contributed by atoms with Gasteiger partial charge in [0.2, 0.25) is 0 Å². The van der Waals surface area contributed by atoms with Crippen molar-refractivity contribution in [2.75, 3.05) is 0 Å². The summed E-state index contributed by atoms with van der Waals surface area (Å²) < 4.78 is 2.18. The Morgan fingerprint density at radius 1 is 0.852 bits per heavy atom. The first-order chi connectivity index (χ1) is 11.7. The van der Waals surface area contributed by atoms with Gasteiger partial charge in [-0.15, -0.1) is 40.8 Å². The predicted octanol–water partition coefficient (Wildman–Crippen LogP) is 1.15. The monoisotopic (exact) mass is 596 g/mol. The maximum absolute atomic E-state index is 3.50. The second-order valence-electron chi connectivity index (χ2n) is 5.83. The summed E-state index contributed by atoms with van der Waals surface area (Å²) in [5.74, 6) is 0. The van der Waals surface area contributed by atoms with Gasteiger partial charge in [-0.05, 0) is 24.1 Å². The van der Waals surface area contributed by atoms with Crippen molar-refractivity contribution >= 4 is 42.6 Å². The summed E-state index contributed by atoms with van der Waals surface area (Å²) in [6.07, 6.45) is 0.990. The summed E-state index contributed by atoms with van der Waals surface area (Å²) in [4.78, 5) is 0. The van der Waals surface area contributed by atoms with Crippen LogP contribution in [0.5, 0.6) is 0 Å². The van der Waals surface area contributed by atoms with Crippen molar-refractivity contribution in [3.8, 4) is 11.1 Å². The molecule has 0 aliphatic heterocycles. The third-order valence-corrected chi connectivity index (χ3v) is 5.22. The minimum absolute atomic E-state index is 0. The van der Waals surface area contributed by atoms with E-state index in [1.807, 2.05) is 0 Å². The molecule has 4 aromatic carbocycles. The molecule has 0 heterocycles. The second-order valence-corrected chi connectivity index (χ2v) is 7.60. The van der Waals surface area contributed by atoms with Crippen LogP contribution in [0.25, 0.3) is 21.9 Å². The van der Waals surface area contributed by atoms with Crippen molar-refractivity contribution in [3.05, 3.63) is 98.9 Å². The molecule has 134 valence electrons. The van der Waals surface area contributed by atoms with Crippen molar-refractivity contribution in [1.29, 1.82) is 0 Å². The van der Waals surface area contributed by atoms with Crippen molar-refractivity contribution in [2.45, 2.75) is 6.42 Å². The summed E-state index contributed by atoms with van der Waals surface area (Å²) in [5, 5.41) is 2.66. The molecular weight excluding hydrogens is 586 g/mol. The quantitative estimate of drug-likeness (QED) is 0.234. The molecular formula is C22H14Br2Cl2Zr. The van der Waals surface area contributed by atoms with Crippen LogP contribution in [0.15, 0.2) is 81.7 Å². The van der Waals surface area contributed by atoms with Gasteiger partial charge < -0.3 is 24.8 Å².